The first-order chi connectivity index (χ1) is 15.7. The number of aryl methyl sites for hydroxylation is 3. The molecule has 1 aliphatic carbocycles. The number of hydrogen-bond acceptors (Lipinski definition) is 2. The molecule has 0 spiro atoms. The molecule has 0 amide bonds. The topological polar surface area (TPSA) is 20.9 Å². The number of rotatable bonds is 8. The fourth-order valence-electron chi connectivity index (χ4n) is 4.46. The smallest absolute Gasteiger partial charge is 0.227 e. The first-order valence-corrected chi connectivity index (χ1v) is 13.0. The number of pyridine rings is 1. The van der Waals surface area contributed by atoms with Gasteiger partial charge in [0, 0.05) is 27.9 Å². The minimum absolute atomic E-state index is 0.121. The van der Waals surface area contributed by atoms with Crippen molar-refractivity contribution in [3.05, 3.63) is 111 Å². The molecule has 0 aliphatic heterocycles. The van der Waals surface area contributed by atoms with Gasteiger partial charge in [-0.3, -0.25) is 4.79 Å². The van der Waals surface area contributed by atoms with Crippen LogP contribution in [0.2, 0.25) is 0 Å². The minimum Gasteiger partial charge on any atom is -0.287 e. The van der Waals surface area contributed by atoms with Crippen molar-refractivity contribution in [2.24, 2.45) is 0 Å². The molecule has 0 atom stereocenters. The molecule has 5 rings (SSSR count). The summed E-state index contributed by atoms with van der Waals surface area (Å²) in [4.78, 5) is 12.5. The summed E-state index contributed by atoms with van der Waals surface area (Å²) in [6, 6.07) is 23.2. The molecule has 3 aromatic carbocycles. The molecular weight excluding hydrogens is 478 g/mol. The SMILES string of the molecule is O=C(C[n+]1ccc(CCSCc2ccc3c4c(cccc24)CC3)cc1)c1ccc(Br)cc1. The van der Waals surface area contributed by atoms with E-state index >= 15 is 0 Å². The van der Waals surface area contributed by atoms with Crippen molar-refractivity contribution in [2.45, 2.75) is 31.6 Å². The molecule has 2 nitrogen and oxygen atoms in total. The number of thioether (sulfide) groups is 1. The zero-order chi connectivity index (χ0) is 21.9. The van der Waals surface area contributed by atoms with Crippen molar-refractivity contribution in [2.75, 3.05) is 5.75 Å². The molecular formula is C28H25BrNOS+. The molecule has 1 aromatic heterocycles. The maximum Gasteiger partial charge on any atom is 0.227 e. The van der Waals surface area contributed by atoms with E-state index in [1.54, 1.807) is 0 Å². The number of aromatic nitrogens is 1. The summed E-state index contributed by atoms with van der Waals surface area (Å²) in [6.45, 7) is 0.363. The number of carbonyl (C=O) groups excluding carboxylic acids is 1. The lowest BCUT2D eigenvalue weighted by atomic mass is 10.0. The lowest BCUT2D eigenvalue weighted by molar-refractivity contribution is -0.683. The van der Waals surface area contributed by atoms with Crippen molar-refractivity contribution in [1.82, 2.24) is 0 Å². The highest BCUT2D eigenvalue weighted by molar-refractivity contribution is 9.10. The van der Waals surface area contributed by atoms with E-state index in [9.17, 15) is 4.79 Å². The van der Waals surface area contributed by atoms with Crippen LogP contribution in [-0.4, -0.2) is 11.5 Å². The van der Waals surface area contributed by atoms with Crippen molar-refractivity contribution >= 4 is 44.2 Å². The van der Waals surface area contributed by atoms with E-state index in [1.165, 1.54) is 45.9 Å². The Kier molecular flexibility index (Phi) is 6.42. The van der Waals surface area contributed by atoms with Gasteiger partial charge in [-0.15, -0.1) is 0 Å². The van der Waals surface area contributed by atoms with Crippen LogP contribution in [0, 0.1) is 0 Å². The number of Topliss-reactive ketones (excluding diaryl/α,β-unsaturated/α-hetero) is 1. The van der Waals surface area contributed by atoms with Crippen LogP contribution in [-0.2, 0) is 31.6 Å². The second kappa shape index (κ2) is 9.60. The second-order valence-electron chi connectivity index (χ2n) is 8.33. The second-order valence-corrected chi connectivity index (χ2v) is 10.4. The van der Waals surface area contributed by atoms with Crippen LogP contribution >= 0.6 is 27.7 Å². The number of ketones is 1. The summed E-state index contributed by atoms with van der Waals surface area (Å²) < 4.78 is 2.94. The Morgan fingerprint density at radius 3 is 2.44 bits per heavy atom. The molecule has 0 N–H and O–H groups in total. The maximum absolute atomic E-state index is 12.5. The van der Waals surface area contributed by atoms with Gasteiger partial charge in [-0.25, -0.2) is 0 Å². The average molecular weight is 503 g/mol. The van der Waals surface area contributed by atoms with Crippen molar-refractivity contribution < 1.29 is 9.36 Å². The minimum atomic E-state index is 0.121. The fraction of sp³-hybridized carbons (Fsp3) is 0.214. The number of hydrogen-bond donors (Lipinski definition) is 0. The Balaban J connectivity index is 1.14. The number of nitrogens with zero attached hydrogens (tertiary/aromatic N) is 1. The number of halogens is 1. The summed E-state index contributed by atoms with van der Waals surface area (Å²) in [5.41, 5.74) is 6.53. The van der Waals surface area contributed by atoms with Crippen LogP contribution in [0.1, 0.15) is 32.6 Å². The van der Waals surface area contributed by atoms with Gasteiger partial charge in [0.1, 0.15) is 0 Å². The van der Waals surface area contributed by atoms with Crippen LogP contribution < -0.4 is 4.57 Å². The van der Waals surface area contributed by atoms with Crippen LogP contribution in [0.5, 0.6) is 0 Å². The normalized spacial score (nSPS) is 12.4. The highest BCUT2D eigenvalue weighted by atomic mass is 79.9. The summed E-state index contributed by atoms with van der Waals surface area (Å²) in [5.74, 6) is 2.26. The first-order valence-electron chi connectivity index (χ1n) is 11.0. The largest absolute Gasteiger partial charge is 0.287 e. The summed E-state index contributed by atoms with van der Waals surface area (Å²) in [7, 11) is 0. The van der Waals surface area contributed by atoms with Gasteiger partial charge >= 0.3 is 0 Å². The van der Waals surface area contributed by atoms with Gasteiger partial charge in [0.25, 0.3) is 0 Å². The third-order valence-electron chi connectivity index (χ3n) is 6.21. The van der Waals surface area contributed by atoms with E-state index in [0.717, 1.165) is 28.0 Å². The van der Waals surface area contributed by atoms with Gasteiger partial charge in [-0.2, -0.15) is 16.3 Å². The Hall–Kier alpha value is -2.43. The lowest BCUT2D eigenvalue weighted by Gasteiger charge is -2.09. The molecule has 1 aliphatic rings. The van der Waals surface area contributed by atoms with Gasteiger partial charge in [-0.05, 0) is 70.2 Å². The van der Waals surface area contributed by atoms with Crippen molar-refractivity contribution in [1.29, 1.82) is 0 Å². The third-order valence-corrected chi connectivity index (χ3v) is 7.75. The van der Waals surface area contributed by atoms with Crippen LogP contribution in [0.3, 0.4) is 0 Å². The molecule has 4 heteroatoms. The van der Waals surface area contributed by atoms with Gasteiger partial charge < -0.3 is 0 Å². The molecule has 0 saturated heterocycles. The Morgan fingerprint density at radius 1 is 0.906 bits per heavy atom. The van der Waals surface area contributed by atoms with Gasteiger partial charge in [-0.1, -0.05) is 58.4 Å². The van der Waals surface area contributed by atoms with Crippen molar-refractivity contribution in [3.8, 4) is 0 Å². The van der Waals surface area contributed by atoms with E-state index in [4.69, 9.17) is 0 Å². The van der Waals surface area contributed by atoms with E-state index in [1.807, 2.05) is 53.0 Å². The standard InChI is InChI=1S/C28H25BrNOS/c29-25-10-8-21(9-11-25)27(31)18-30-15-12-20(13-16-30)14-17-32-19-24-7-6-23-5-4-22-2-1-3-26(24)28(22)23/h1-3,6-13,15-16H,4-5,14,17-19H2/q+1. The molecule has 0 saturated carbocycles. The molecule has 160 valence electrons. The zero-order valence-corrected chi connectivity index (χ0v) is 20.3. The van der Waals surface area contributed by atoms with Crippen LogP contribution in [0.4, 0.5) is 0 Å². The predicted molar refractivity (Wildman–Crippen MR) is 136 cm³/mol. The first kappa shape index (κ1) is 21.4. The summed E-state index contributed by atoms with van der Waals surface area (Å²) in [6.07, 6.45) is 7.44. The Morgan fingerprint density at radius 2 is 1.66 bits per heavy atom. The van der Waals surface area contributed by atoms with E-state index in [0.29, 0.717) is 6.54 Å². The highest BCUT2D eigenvalue weighted by Gasteiger charge is 2.16. The predicted octanol–water partition coefficient (Wildman–Crippen LogP) is 6.35. The zero-order valence-electron chi connectivity index (χ0n) is 17.9. The van der Waals surface area contributed by atoms with Crippen molar-refractivity contribution in [3.63, 3.8) is 0 Å². The maximum atomic E-state index is 12.5. The number of carbonyl (C=O) groups is 1. The molecule has 0 radical (unpaired) electrons. The Bertz CT molecular complexity index is 1260. The quantitative estimate of drug-likeness (QED) is 0.159. The molecule has 1 heterocycles. The van der Waals surface area contributed by atoms with Crippen LogP contribution in [0.15, 0.2) is 83.6 Å². The van der Waals surface area contributed by atoms with E-state index in [-0.39, 0.29) is 5.78 Å². The number of benzene rings is 3. The summed E-state index contributed by atoms with van der Waals surface area (Å²) >= 11 is 5.41. The van der Waals surface area contributed by atoms with Gasteiger partial charge in [0.15, 0.2) is 12.4 Å². The highest BCUT2D eigenvalue weighted by Crippen LogP contribution is 2.34. The monoisotopic (exact) mass is 502 g/mol. The lowest BCUT2D eigenvalue weighted by Crippen LogP contribution is -2.37. The molecule has 0 bridgehead atoms. The fourth-order valence-corrected chi connectivity index (χ4v) is 5.72. The van der Waals surface area contributed by atoms with E-state index < -0.39 is 0 Å². The molecule has 0 fully saturated rings. The molecule has 0 unspecified atom stereocenters. The van der Waals surface area contributed by atoms with Gasteiger partial charge in [0.2, 0.25) is 12.3 Å². The Labute approximate surface area is 201 Å². The van der Waals surface area contributed by atoms with Gasteiger partial charge in [0.05, 0.1) is 0 Å². The average Bonchev–Trinajstić information content (AvgIpc) is 3.24. The third kappa shape index (κ3) is 4.67. The molecule has 4 aromatic rings. The van der Waals surface area contributed by atoms with E-state index in [2.05, 4.69) is 58.4 Å². The molecule has 32 heavy (non-hydrogen) atoms. The summed E-state index contributed by atoms with van der Waals surface area (Å²) in [5, 5.41) is 2.96. The van der Waals surface area contributed by atoms with Crippen LogP contribution in [0.25, 0.3) is 10.8 Å².